The number of rotatable bonds is 6. The van der Waals surface area contributed by atoms with Crippen molar-refractivity contribution in [2.45, 2.75) is 4.90 Å². The van der Waals surface area contributed by atoms with Gasteiger partial charge in [-0.15, -0.1) is 0 Å². The molecule has 0 aromatic heterocycles. The summed E-state index contributed by atoms with van der Waals surface area (Å²) in [5, 5.41) is 2.73. The number of sulfonamides is 1. The molecule has 0 radical (unpaired) electrons. The molecule has 144 valence electrons. The van der Waals surface area contributed by atoms with Crippen molar-refractivity contribution in [3.8, 4) is 11.5 Å². The van der Waals surface area contributed by atoms with Crippen LogP contribution in [0.3, 0.4) is 0 Å². The highest BCUT2D eigenvalue weighted by Crippen LogP contribution is 2.26. The van der Waals surface area contributed by atoms with Gasteiger partial charge in [-0.25, -0.2) is 12.7 Å². The van der Waals surface area contributed by atoms with Crippen LogP contribution in [0.25, 0.3) is 0 Å². The Morgan fingerprint density at radius 3 is 2.29 bits per heavy atom. The fraction of sp³-hybridized carbons (Fsp3) is 0.0952. The Kier molecular flexibility index (Phi) is 5.77. The van der Waals surface area contributed by atoms with Crippen LogP contribution in [0, 0.1) is 0 Å². The molecular weight excluding hydrogens is 376 g/mol. The first-order valence-corrected chi connectivity index (χ1v) is 9.98. The number of nitrogens with zero attached hydrogens (tertiary/aromatic N) is 1. The van der Waals surface area contributed by atoms with Crippen LogP contribution in [-0.4, -0.2) is 32.7 Å². The van der Waals surface area contributed by atoms with Crippen LogP contribution >= 0.6 is 0 Å². The Morgan fingerprint density at radius 1 is 0.893 bits per heavy atom. The highest BCUT2D eigenvalue weighted by molar-refractivity contribution is 7.89. The van der Waals surface area contributed by atoms with E-state index in [0.717, 1.165) is 4.31 Å². The summed E-state index contributed by atoms with van der Waals surface area (Å²) in [4.78, 5) is 12.9. The maximum atomic E-state index is 12.8. The monoisotopic (exact) mass is 396 g/mol. The van der Waals surface area contributed by atoms with Gasteiger partial charge in [-0.2, -0.15) is 0 Å². The van der Waals surface area contributed by atoms with Crippen molar-refractivity contribution in [2.75, 3.05) is 19.4 Å². The minimum Gasteiger partial charge on any atom is -0.457 e. The molecule has 1 amide bonds. The van der Waals surface area contributed by atoms with Gasteiger partial charge < -0.3 is 10.1 Å². The molecule has 0 aliphatic heterocycles. The number of amides is 1. The number of benzene rings is 3. The lowest BCUT2D eigenvalue weighted by Gasteiger charge is -2.14. The summed E-state index contributed by atoms with van der Waals surface area (Å²) >= 11 is 0. The Labute approximate surface area is 164 Å². The van der Waals surface area contributed by atoms with E-state index in [2.05, 4.69) is 5.32 Å². The van der Waals surface area contributed by atoms with Gasteiger partial charge in [-0.1, -0.05) is 36.4 Å². The summed E-state index contributed by atoms with van der Waals surface area (Å²) in [5.41, 5.74) is 0.717. The molecule has 28 heavy (non-hydrogen) atoms. The van der Waals surface area contributed by atoms with Crippen molar-refractivity contribution in [1.29, 1.82) is 0 Å². The molecule has 1 N–H and O–H groups in total. The summed E-state index contributed by atoms with van der Waals surface area (Å²) < 4.78 is 31.5. The summed E-state index contributed by atoms with van der Waals surface area (Å²) in [6, 6.07) is 22.1. The first kappa shape index (κ1) is 19.6. The predicted molar refractivity (Wildman–Crippen MR) is 108 cm³/mol. The average molecular weight is 396 g/mol. The van der Waals surface area contributed by atoms with Gasteiger partial charge in [0.2, 0.25) is 10.0 Å². The van der Waals surface area contributed by atoms with Crippen LogP contribution in [0.4, 0.5) is 5.69 Å². The van der Waals surface area contributed by atoms with Gasteiger partial charge in [0, 0.05) is 19.8 Å². The third kappa shape index (κ3) is 4.39. The molecule has 3 aromatic carbocycles. The lowest BCUT2D eigenvalue weighted by molar-refractivity contribution is 0.102. The standard InChI is InChI=1S/C21H20N2O4S/c1-23(2)28(25,26)18-12-8-9-16(15-18)22-21(24)19-13-6-7-14-20(19)27-17-10-4-3-5-11-17/h3-15H,1-2H3,(H,22,24). The van der Waals surface area contributed by atoms with Crippen molar-refractivity contribution in [3.05, 3.63) is 84.4 Å². The van der Waals surface area contributed by atoms with Crippen molar-refractivity contribution in [3.63, 3.8) is 0 Å². The molecule has 0 saturated heterocycles. The summed E-state index contributed by atoms with van der Waals surface area (Å²) in [6.07, 6.45) is 0. The molecule has 7 heteroatoms. The van der Waals surface area contributed by atoms with E-state index in [0.29, 0.717) is 22.7 Å². The van der Waals surface area contributed by atoms with Gasteiger partial charge >= 0.3 is 0 Å². The zero-order chi connectivity index (χ0) is 20.1. The van der Waals surface area contributed by atoms with Crippen molar-refractivity contribution in [2.24, 2.45) is 0 Å². The molecule has 0 fully saturated rings. The molecule has 0 unspecified atom stereocenters. The first-order valence-electron chi connectivity index (χ1n) is 8.54. The molecule has 6 nitrogen and oxygen atoms in total. The SMILES string of the molecule is CN(C)S(=O)(=O)c1cccc(NC(=O)c2ccccc2Oc2ccccc2)c1. The topological polar surface area (TPSA) is 75.7 Å². The van der Waals surface area contributed by atoms with E-state index in [4.69, 9.17) is 4.74 Å². The fourth-order valence-corrected chi connectivity index (χ4v) is 3.45. The number of anilines is 1. The van der Waals surface area contributed by atoms with E-state index in [-0.39, 0.29) is 4.90 Å². The Hall–Kier alpha value is -3.16. The molecule has 0 spiro atoms. The minimum atomic E-state index is -3.59. The van der Waals surface area contributed by atoms with Gasteiger partial charge in [0.05, 0.1) is 10.5 Å². The van der Waals surface area contributed by atoms with E-state index in [1.165, 1.54) is 26.2 Å². The molecule has 0 aliphatic rings. The number of hydrogen-bond acceptors (Lipinski definition) is 4. The van der Waals surface area contributed by atoms with Gasteiger partial charge in [0.25, 0.3) is 5.91 Å². The molecular formula is C21H20N2O4S. The summed E-state index contributed by atoms with van der Waals surface area (Å²) in [6.45, 7) is 0. The van der Waals surface area contributed by atoms with Gasteiger partial charge in [0.1, 0.15) is 11.5 Å². The molecule has 0 heterocycles. The molecule has 0 aliphatic carbocycles. The second-order valence-electron chi connectivity index (χ2n) is 6.18. The number of nitrogens with one attached hydrogen (secondary N) is 1. The number of hydrogen-bond donors (Lipinski definition) is 1. The van der Waals surface area contributed by atoms with E-state index in [9.17, 15) is 13.2 Å². The largest absolute Gasteiger partial charge is 0.457 e. The first-order chi connectivity index (χ1) is 13.4. The van der Waals surface area contributed by atoms with Crippen molar-refractivity contribution < 1.29 is 17.9 Å². The maximum absolute atomic E-state index is 12.8. The number of ether oxygens (including phenoxy) is 1. The molecule has 3 aromatic rings. The fourth-order valence-electron chi connectivity index (χ4n) is 2.50. The number of carbonyl (C=O) groups is 1. The van der Waals surface area contributed by atoms with E-state index in [1.807, 2.05) is 18.2 Å². The Bertz CT molecular complexity index is 1080. The molecule has 0 atom stereocenters. The van der Waals surface area contributed by atoms with Crippen molar-refractivity contribution in [1.82, 2.24) is 4.31 Å². The van der Waals surface area contributed by atoms with Crippen LogP contribution in [0.15, 0.2) is 83.8 Å². The maximum Gasteiger partial charge on any atom is 0.259 e. The smallest absolute Gasteiger partial charge is 0.259 e. The quantitative estimate of drug-likeness (QED) is 0.684. The zero-order valence-electron chi connectivity index (χ0n) is 15.5. The van der Waals surface area contributed by atoms with Crippen LogP contribution in [0.2, 0.25) is 0 Å². The lowest BCUT2D eigenvalue weighted by Crippen LogP contribution is -2.22. The third-order valence-corrected chi connectivity index (χ3v) is 5.78. The third-order valence-electron chi connectivity index (χ3n) is 3.97. The highest BCUT2D eigenvalue weighted by atomic mass is 32.2. The van der Waals surface area contributed by atoms with E-state index >= 15 is 0 Å². The normalized spacial score (nSPS) is 11.2. The molecule has 0 bridgehead atoms. The Morgan fingerprint density at radius 2 is 1.57 bits per heavy atom. The summed E-state index contributed by atoms with van der Waals surface area (Å²) in [5.74, 6) is 0.621. The Balaban J connectivity index is 1.85. The van der Waals surface area contributed by atoms with Crippen LogP contribution in [-0.2, 0) is 10.0 Å². The highest BCUT2D eigenvalue weighted by Gasteiger charge is 2.18. The lowest BCUT2D eigenvalue weighted by atomic mass is 10.2. The average Bonchev–Trinajstić information content (AvgIpc) is 2.69. The van der Waals surface area contributed by atoms with Crippen molar-refractivity contribution >= 4 is 21.6 Å². The van der Waals surface area contributed by atoms with Crippen LogP contribution < -0.4 is 10.1 Å². The van der Waals surface area contributed by atoms with E-state index in [1.54, 1.807) is 48.5 Å². The van der Waals surface area contributed by atoms with Crippen LogP contribution in [0.5, 0.6) is 11.5 Å². The summed E-state index contributed by atoms with van der Waals surface area (Å²) in [7, 11) is -0.679. The second kappa shape index (κ2) is 8.24. The second-order valence-corrected chi connectivity index (χ2v) is 8.33. The number of para-hydroxylation sites is 2. The van der Waals surface area contributed by atoms with Gasteiger partial charge in [0.15, 0.2) is 0 Å². The molecule has 0 saturated carbocycles. The zero-order valence-corrected chi connectivity index (χ0v) is 16.3. The molecule has 3 rings (SSSR count). The number of carbonyl (C=O) groups excluding carboxylic acids is 1. The van der Waals surface area contributed by atoms with E-state index < -0.39 is 15.9 Å². The van der Waals surface area contributed by atoms with Gasteiger partial charge in [-0.05, 0) is 42.5 Å². The van der Waals surface area contributed by atoms with Gasteiger partial charge in [-0.3, -0.25) is 4.79 Å². The minimum absolute atomic E-state index is 0.101. The predicted octanol–water partition coefficient (Wildman–Crippen LogP) is 3.98. The van der Waals surface area contributed by atoms with Crippen LogP contribution in [0.1, 0.15) is 10.4 Å².